The van der Waals surface area contributed by atoms with E-state index in [2.05, 4.69) is 0 Å². The van der Waals surface area contributed by atoms with Gasteiger partial charge in [-0.2, -0.15) is 0 Å². The second-order valence-electron chi connectivity index (χ2n) is 7.37. The third-order valence-corrected chi connectivity index (χ3v) is 5.54. The van der Waals surface area contributed by atoms with Crippen LogP contribution in [0.1, 0.15) is 62.7 Å². The topological polar surface area (TPSA) is 70.8 Å². The first-order valence-electron chi connectivity index (χ1n) is 10.5. The molecule has 2 aliphatic carbocycles. The first-order chi connectivity index (χ1) is 14.1. The smallest absolute Gasteiger partial charge is 0.198 e. The van der Waals surface area contributed by atoms with Crippen LogP contribution in [0.2, 0.25) is 0 Å². The summed E-state index contributed by atoms with van der Waals surface area (Å²) in [6, 6.07) is 3.61. The Morgan fingerprint density at radius 3 is 2.48 bits per heavy atom. The van der Waals surface area contributed by atoms with Gasteiger partial charge >= 0.3 is 0 Å². The number of anilines is 1. The third-order valence-electron chi connectivity index (χ3n) is 5.54. The first kappa shape index (κ1) is 21.0. The van der Waals surface area contributed by atoms with Crippen LogP contribution >= 0.6 is 0 Å². The summed E-state index contributed by atoms with van der Waals surface area (Å²) in [6.45, 7) is 4.22. The summed E-state index contributed by atoms with van der Waals surface area (Å²) in [4.78, 5) is 13.6. The highest BCUT2D eigenvalue weighted by Gasteiger charge is 2.26. The van der Waals surface area contributed by atoms with E-state index >= 15 is 0 Å². The van der Waals surface area contributed by atoms with Crippen molar-refractivity contribution in [2.75, 3.05) is 19.5 Å². The second kappa shape index (κ2) is 9.68. The molecule has 0 atom stereocenters. The monoisotopic (exact) mass is 397 g/mol. The van der Waals surface area contributed by atoms with Gasteiger partial charge in [0.2, 0.25) is 0 Å². The van der Waals surface area contributed by atoms with Crippen molar-refractivity contribution in [2.45, 2.75) is 58.5 Å². The van der Waals surface area contributed by atoms with Crippen molar-refractivity contribution in [2.24, 2.45) is 0 Å². The maximum Gasteiger partial charge on any atom is 0.198 e. The Kier molecular flexibility index (Phi) is 7.02. The van der Waals surface area contributed by atoms with Crippen molar-refractivity contribution in [3.63, 3.8) is 0 Å². The minimum absolute atomic E-state index is 0.133. The fourth-order valence-corrected chi connectivity index (χ4v) is 3.99. The largest absolute Gasteiger partial charge is 0.501 e. The van der Waals surface area contributed by atoms with E-state index in [-0.39, 0.29) is 11.9 Å². The molecule has 29 heavy (non-hydrogen) atoms. The molecule has 0 saturated heterocycles. The normalized spacial score (nSPS) is 17.6. The summed E-state index contributed by atoms with van der Waals surface area (Å²) in [5.74, 6) is 1.85. The number of nitrogens with two attached hydrogens (primary N) is 1. The van der Waals surface area contributed by atoms with Crippen LogP contribution < -0.4 is 15.2 Å². The standard InChI is InChI=1S/C24H31NO4/c1-4-19(16-10-12-17(27-3)13-11-16)24(26)22-20(28-5-2)14-15-21(23(22)25)29-18-8-6-7-9-18/h4,10,12,14-15,18H,5-9,11,13,25H2,1-3H3/b19-4-. The molecule has 0 aliphatic heterocycles. The first-order valence-corrected chi connectivity index (χ1v) is 10.5. The predicted octanol–water partition coefficient (Wildman–Crippen LogP) is 5.37. The Morgan fingerprint density at radius 2 is 1.90 bits per heavy atom. The van der Waals surface area contributed by atoms with Crippen molar-refractivity contribution < 1.29 is 19.0 Å². The summed E-state index contributed by atoms with van der Waals surface area (Å²) >= 11 is 0. The Balaban J connectivity index is 1.96. The van der Waals surface area contributed by atoms with Crippen LogP contribution in [-0.2, 0) is 4.74 Å². The van der Waals surface area contributed by atoms with Crippen molar-refractivity contribution in [1.82, 2.24) is 0 Å². The zero-order valence-electron chi connectivity index (χ0n) is 17.6. The van der Waals surface area contributed by atoms with Crippen molar-refractivity contribution in [3.8, 4) is 11.5 Å². The number of benzene rings is 1. The van der Waals surface area contributed by atoms with Gasteiger partial charge in [-0.1, -0.05) is 12.2 Å². The molecule has 0 amide bonds. The van der Waals surface area contributed by atoms with Crippen LogP contribution in [0.5, 0.6) is 11.5 Å². The Labute approximate surface area is 173 Å². The van der Waals surface area contributed by atoms with Gasteiger partial charge in [-0.25, -0.2) is 0 Å². The Hall–Kier alpha value is -2.69. The average molecular weight is 398 g/mol. The van der Waals surface area contributed by atoms with Gasteiger partial charge in [0.1, 0.15) is 11.5 Å². The number of nitrogen functional groups attached to an aromatic ring is 1. The van der Waals surface area contributed by atoms with E-state index in [0.29, 0.717) is 34.9 Å². The van der Waals surface area contributed by atoms with Gasteiger partial charge in [0.15, 0.2) is 5.78 Å². The molecule has 1 aromatic carbocycles. The van der Waals surface area contributed by atoms with E-state index in [1.54, 1.807) is 13.2 Å². The van der Waals surface area contributed by atoms with Gasteiger partial charge in [0.05, 0.1) is 36.8 Å². The molecule has 0 unspecified atom stereocenters. The summed E-state index contributed by atoms with van der Waals surface area (Å²) in [5, 5.41) is 0. The highest BCUT2D eigenvalue weighted by molar-refractivity contribution is 6.16. The number of hydrogen-bond donors (Lipinski definition) is 1. The lowest BCUT2D eigenvalue weighted by Crippen LogP contribution is -2.16. The maximum absolute atomic E-state index is 13.6. The quantitative estimate of drug-likeness (QED) is 0.363. The number of ether oxygens (including phenoxy) is 3. The molecule has 0 bridgehead atoms. The number of allylic oxidation sites excluding steroid dienone is 6. The highest BCUT2D eigenvalue weighted by Crippen LogP contribution is 2.38. The number of Topliss-reactive ketones (excluding diaryl/α,β-unsaturated/α-hetero) is 1. The number of ketones is 1. The van der Waals surface area contributed by atoms with Crippen LogP contribution in [0.3, 0.4) is 0 Å². The Morgan fingerprint density at radius 1 is 1.17 bits per heavy atom. The SMILES string of the molecule is C/C=C(\C(=O)c1c(OCC)ccc(OC2CCCC2)c1N)C1=CC=C(OC)CC1. The van der Waals surface area contributed by atoms with E-state index in [9.17, 15) is 4.79 Å². The molecule has 0 heterocycles. The van der Waals surface area contributed by atoms with Crippen LogP contribution in [0.4, 0.5) is 5.69 Å². The van der Waals surface area contributed by atoms with E-state index in [4.69, 9.17) is 19.9 Å². The van der Waals surface area contributed by atoms with Gasteiger partial charge in [0.25, 0.3) is 0 Å². The summed E-state index contributed by atoms with van der Waals surface area (Å²) in [5.41, 5.74) is 8.81. The van der Waals surface area contributed by atoms with Gasteiger partial charge in [-0.3, -0.25) is 4.79 Å². The molecule has 0 spiro atoms. The lowest BCUT2D eigenvalue weighted by atomic mass is 9.89. The minimum atomic E-state index is -0.133. The molecule has 0 aromatic heterocycles. The minimum Gasteiger partial charge on any atom is -0.501 e. The summed E-state index contributed by atoms with van der Waals surface area (Å²) in [6.07, 6.45) is 11.8. The summed E-state index contributed by atoms with van der Waals surface area (Å²) < 4.78 is 17.2. The number of carbonyl (C=O) groups is 1. The number of hydrogen-bond acceptors (Lipinski definition) is 5. The average Bonchev–Trinajstić information content (AvgIpc) is 3.24. The fraction of sp³-hybridized carbons (Fsp3) is 0.458. The van der Waals surface area contributed by atoms with E-state index in [1.165, 1.54) is 12.8 Å². The number of carbonyl (C=O) groups excluding carboxylic acids is 1. The molecule has 156 valence electrons. The molecule has 5 heteroatoms. The van der Waals surface area contributed by atoms with Crippen LogP contribution in [-0.4, -0.2) is 25.6 Å². The molecule has 2 aliphatic rings. The van der Waals surface area contributed by atoms with E-state index < -0.39 is 0 Å². The molecule has 3 rings (SSSR count). The summed E-state index contributed by atoms with van der Waals surface area (Å²) in [7, 11) is 1.66. The van der Waals surface area contributed by atoms with Gasteiger partial charge in [-0.15, -0.1) is 0 Å². The molecule has 0 radical (unpaired) electrons. The molecule has 1 saturated carbocycles. The predicted molar refractivity (Wildman–Crippen MR) is 115 cm³/mol. The van der Waals surface area contributed by atoms with Crippen LogP contribution in [0.25, 0.3) is 0 Å². The van der Waals surface area contributed by atoms with Crippen LogP contribution in [0, 0.1) is 0 Å². The van der Waals surface area contributed by atoms with Crippen molar-refractivity contribution in [3.05, 3.63) is 52.8 Å². The lowest BCUT2D eigenvalue weighted by molar-refractivity contribution is 0.103. The molecule has 1 aromatic rings. The zero-order valence-corrected chi connectivity index (χ0v) is 17.6. The van der Waals surface area contributed by atoms with Crippen molar-refractivity contribution >= 4 is 11.5 Å². The highest BCUT2D eigenvalue weighted by atomic mass is 16.5. The van der Waals surface area contributed by atoms with Gasteiger partial charge in [-0.05, 0) is 69.7 Å². The van der Waals surface area contributed by atoms with E-state index in [1.807, 2.05) is 38.1 Å². The number of methoxy groups -OCH3 is 1. The molecular formula is C24H31NO4. The van der Waals surface area contributed by atoms with Gasteiger partial charge in [0, 0.05) is 12.0 Å². The third kappa shape index (κ3) is 4.66. The molecule has 5 nitrogen and oxygen atoms in total. The van der Waals surface area contributed by atoms with Crippen molar-refractivity contribution in [1.29, 1.82) is 0 Å². The fourth-order valence-electron chi connectivity index (χ4n) is 3.99. The maximum atomic E-state index is 13.6. The second-order valence-corrected chi connectivity index (χ2v) is 7.37. The molecule has 1 fully saturated rings. The van der Waals surface area contributed by atoms with E-state index in [0.717, 1.165) is 37.0 Å². The molecule has 2 N–H and O–H groups in total. The number of rotatable bonds is 8. The van der Waals surface area contributed by atoms with Crippen LogP contribution in [0.15, 0.2) is 47.3 Å². The Bertz CT molecular complexity index is 845. The zero-order chi connectivity index (χ0) is 20.8. The van der Waals surface area contributed by atoms with Gasteiger partial charge < -0.3 is 19.9 Å². The lowest BCUT2D eigenvalue weighted by Gasteiger charge is -2.21. The molecular weight excluding hydrogens is 366 g/mol.